The van der Waals surface area contributed by atoms with Gasteiger partial charge in [0.15, 0.2) is 0 Å². The molecule has 1 fully saturated rings. The number of aryl methyl sites for hydroxylation is 1. The lowest BCUT2D eigenvalue weighted by Gasteiger charge is -2.24. The van der Waals surface area contributed by atoms with Gasteiger partial charge in [0.05, 0.1) is 17.1 Å². The third kappa shape index (κ3) is 3.97. The highest BCUT2D eigenvalue weighted by atomic mass is 19.1. The molecule has 0 spiro atoms. The lowest BCUT2D eigenvalue weighted by Crippen LogP contribution is -2.51. The monoisotopic (exact) mass is 348 g/mol. The summed E-state index contributed by atoms with van der Waals surface area (Å²) in [6.07, 6.45) is 1.40. The van der Waals surface area contributed by atoms with Crippen molar-refractivity contribution >= 4 is 16.9 Å². The number of nitrogens with two attached hydrogens (primary N) is 1. The average molecular weight is 348 g/mol. The van der Waals surface area contributed by atoms with Crippen LogP contribution in [-0.2, 0) is 11.2 Å². The van der Waals surface area contributed by atoms with E-state index in [2.05, 4.69) is 26.1 Å². The molecule has 2 aromatic rings. The molecule has 1 saturated heterocycles. The first-order valence-corrected chi connectivity index (χ1v) is 8.64. The lowest BCUT2D eigenvalue weighted by atomic mass is 9.88. The first-order valence-electron chi connectivity index (χ1n) is 8.64. The van der Waals surface area contributed by atoms with Crippen molar-refractivity contribution in [3.8, 4) is 0 Å². The van der Waals surface area contributed by atoms with Gasteiger partial charge in [-0.1, -0.05) is 0 Å². The maximum atomic E-state index is 13.2. The Balaban J connectivity index is 1.46. The Morgan fingerprint density at radius 1 is 1.36 bits per heavy atom. The van der Waals surface area contributed by atoms with Crippen LogP contribution in [0.2, 0.25) is 0 Å². The van der Waals surface area contributed by atoms with Crippen LogP contribution in [0, 0.1) is 11.7 Å². The highest BCUT2D eigenvalue weighted by Gasteiger charge is 2.37. The molecule has 0 saturated carbocycles. The molecule has 3 rings (SSSR count). The molecule has 1 aromatic carbocycles. The molecule has 2 heterocycles. The van der Waals surface area contributed by atoms with Gasteiger partial charge >= 0.3 is 0 Å². The van der Waals surface area contributed by atoms with Gasteiger partial charge in [0.1, 0.15) is 11.6 Å². The first-order chi connectivity index (χ1) is 12.0. The number of imidazole rings is 1. The smallest absolute Gasteiger partial charge is 0.237 e. The van der Waals surface area contributed by atoms with Crippen molar-refractivity contribution in [3.05, 3.63) is 29.8 Å². The van der Waals surface area contributed by atoms with Gasteiger partial charge in [0.25, 0.3) is 0 Å². The number of hydrogen-bond acceptors (Lipinski definition) is 5. The molecule has 136 valence electrons. The molecular weight excluding hydrogens is 323 g/mol. The molecule has 1 aliphatic heterocycles. The standard InChI is InChI=1S/C17H25FN6O/c1-9-15(10(2)24-23-9)16(19)17(25)20-7-3-4-14-21-12-6-5-11(18)8-13(12)22-14/h5-6,8-10,15-16,23-24H,3-4,7,19H2,1-2H3,(H,20,25)(H,21,22). The minimum atomic E-state index is -0.554. The average Bonchev–Trinajstić information content (AvgIpc) is 3.13. The van der Waals surface area contributed by atoms with E-state index in [4.69, 9.17) is 5.73 Å². The second-order valence-electron chi connectivity index (χ2n) is 6.71. The highest BCUT2D eigenvalue weighted by Crippen LogP contribution is 2.17. The normalized spacial score (nSPS) is 24.6. The fourth-order valence-corrected chi connectivity index (χ4v) is 3.42. The van der Waals surface area contributed by atoms with Crippen LogP contribution < -0.4 is 21.9 Å². The Kier molecular flexibility index (Phi) is 5.31. The highest BCUT2D eigenvalue weighted by molar-refractivity contribution is 5.82. The van der Waals surface area contributed by atoms with E-state index in [0.717, 1.165) is 17.8 Å². The Morgan fingerprint density at radius 2 is 2.08 bits per heavy atom. The molecule has 0 radical (unpaired) electrons. The number of amides is 1. The molecular formula is C17H25FN6O. The van der Waals surface area contributed by atoms with E-state index in [1.807, 2.05) is 13.8 Å². The van der Waals surface area contributed by atoms with Crippen LogP contribution in [0.4, 0.5) is 4.39 Å². The van der Waals surface area contributed by atoms with Crippen molar-refractivity contribution in [3.63, 3.8) is 0 Å². The van der Waals surface area contributed by atoms with Gasteiger partial charge in [-0.3, -0.25) is 15.6 Å². The van der Waals surface area contributed by atoms with Crippen LogP contribution in [0.15, 0.2) is 18.2 Å². The molecule has 1 aliphatic rings. The SMILES string of the molecule is CC1NNC(C)C1C(N)C(=O)NCCCc1nc2ccc(F)cc2[nH]1. The van der Waals surface area contributed by atoms with Crippen LogP contribution in [0.5, 0.6) is 0 Å². The molecule has 1 aromatic heterocycles. The van der Waals surface area contributed by atoms with E-state index < -0.39 is 6.04 Å². The maximum absolute atomic E-state index is 13.2. The van der Waals surface area contributed by atoms with Gasteiger partial charge < -0.3 is 16.0 Å². The Bertz CT molecular complexity index is 738. The number of nitrogens with zero attached hydrogens (tertiary/aromatic N) is 1. The lowest BCUT2D eigenvalue weighted by molar-refractivity contribution is -0.123. The summed E-state index contributed by atoms with van der Waals surface area (Å²) < 4.78 is 13.2. The summed E-state index contributed by atoms with van der Waals surface area (Å²) in [4.78, 5) is 19.8. The second kappa shape index (κ2) is 7.47. The van der Waals surface area contributed by atoms with Crippen LogP contribution in [0.1, 0.15) is 26.1 Å². The van der Waals surface area contributed by atoms with E-state index >= 15 is 0 Å². The van der Waals surface area contributed by atoms with Crippen molar-refractivity contribution in [1.82, 2.24) is 26.1 Å². The summed E-state index contributed by atoms with van der Waals surface area (Å²) in [7, 11) is 0. The number of carbonyl (C=O) groups excluding carboxylic acids is 1. The van der Waals surface area contributed by atoms with Crippen molar-refractivity contribution in [2.45, 2.75) is 44.8 Å². The Morgan fingerprint density at radius 3 is 2.80 bits per heavy atom. The summed E-state index contributed by atoms with van der Waals surface area (Å²) in [6, 6.07) is 4.21. The molecule has 3 unspecified atom stereocenters. The van der Waals surface area contributed by atoms with Crippen LogP contribution in [0.25, 0.3) is 11.0 Å². The topological polar surface area (TPSA) is 108 Å². The van der Waals surface area contributed by atoms with Crippen LogP contribution in [-0.4, -0.2) is 40.5 Å². The summed E-state index contributed by atoms with van der Waals surface area (Å²) in [5, 5.41) is 2.89. The number of aromatic amines is 1. The molecule has 3 atom stereocenters. The number of halogens is 1. The third-order valence-corrected chi connectivity index (χ3v) is 4.79. The van der Waals surface area contributed by atoms with Crippen molar-refractivity contribution in [1.29, 1.82) is 0 Å². The van der Waals surface area contributed by atoms with Gasteiger partial charge in [-0.25, -0.2) is 9.37 Å². The van der Waals surface area contributed by atoms with Gasteiger partial charge in [-0.15, -0.1) is 0 Å². The number of H-pyrrole nitrogens is 1. The zero-order valence-electron chi connectivity index (χ0n) is 14.5. The number of carbonyl (C=O) groups is 1. The molecule has 1 amide bonds. The Hall–Kier alpha value is -2.03. The zero-order valence-corrected chi connectivity index (χ0v) is 14.5. The Labute approximate surface area is 145 Å². The number of aromatic nitrogens is 2. The van der Waals surface area contributed by atoms with Crippen molar-refractivity contribution in [2.75, 3.05) is 6.54 Å². The predicted octanol–water partition coefficient (Wildman–Crippen LogP) is 0.579. The van der Waals surface area contributed by atoms with Crippen LogP contribution in [0.3, 0.4) is 0 Å². The number of rotatable bonds is 6. The minimum Gasteiger partial charge on any atom is -0.355 e. The van der Waals surface area contributed by atoms with Gasteiger partial charge in [-0.2, -0.15) is 0 Å². The maximum Gasteiger partial charge on any atom is 0.237 e. The molecule has 8 heteroatoms. The number of fused-ring (bicyclic) bond motifs is 1. The van der Waals surface area contributed by atoms with E-state index in [1.54, 1.807) is 6.07 Å². The third-order valence-electron chi connectivity index (χ3n) is 4.79. The minimum absolute atomic E-state index is 0.0465. The summed E-state index contributed by atoms with van der Waals surface area (Å²) in [6.45, 7) is 4.55. The number of benzene rings is 1. The van der Waals surface area contributed by atoms with Gasteiger partial charge in [0.2, 0.25) is 5.91 Å². The van der Waals surface area contributed by atoms with Gasteiger partial charge in [-0.05, 0) is 38.5 Å². The van der Waals surface area contributed by atoms with Crippen molar-refractivity contribution < 1.29 is 9.18 Å². The van der Waals surface area contributed by atoms with Crippen molar-refractivity contribution in [2.24, 2.45) is 11.7 Å². The molecule has 0 bridgehead atoms. The second-order valence-corrected chi connectivity index (χ2v) is 6.71. The van der Waals surface area contributed by atoms with Crippen LogP contribution >= 0.6 is 0 Å². The summed E-state index contributed by atoms with van der Waals surface area (Å²) >= 11 is 0. The molecule has 7 nitrogen and oxygen atoms in total. The quantitative estimate of drug-likeness (QED) is 0.491. The van der Waals surface area contributed by atoms with E-state index in [9.17, 15) is 9.18 Å². The van der Waals surface area contributed by atoms with Gasteiger partial charge in [0, 0.05) is 31.0 Å². The fourth-order valence-electron chi connectivity index (χ4n) is 3.42. The van der Waals surface area contributed by atoms with E-state index in [0.29, 0.717) is 18.5 Å². The predicted molar refractivity (Wildman–Crippen MR) is 94.0 cm³/mol. The number of hydrogen-bond donors (Lipinski definition) is 5. The van der Waals surface area contributed by atoms with E-state index in [1.165, 1.54) is 12.1 Å². The molecule has 6 N–H and O–H groups in total. The molecule has 25 heavy (non-hydrogen) atoms. The largest absolute Gasteiger partial charge is 0.355 e. The number of nitrogens with one attached hydrogen (secondary N) is 4. The zero-order chi connectivity index (χ0) is 18.0. The summed E-state index contributed by atoms with van der Waals surface area (Å²) in [5.74, 6) is 0.403. The number of hydrazine groups is 1. The first kappa shape index (κ1) is 17.8. The van der Waals surface area contributed by atoms with E-state index in [-0.39, 0.29) is 29.7 Å². The molecule has 0 aliphatic carbocycles. The fraction of sp³-hybridized carbons (Fsp3) is 0.529. The summed E-state index contributed by atoms with van der Waals surface area (Å²) in [5.41, 5.74) is 13.8.